The van der Waals surface area contributed by atoms with Gasteiger partial charge in [0, 0.05) is 0 Å². The van der Waals surface area contributed by atoms with E-state index in [1.54, 1.807) is 51.1 Å². The second-order valence-electron chi connectivity index (χ2n) is 8.37. The molecular formula is C23H25FN4O6. The van der Waals surface area contributed by atoms with Gasteiger partial charge in [0.25, 0.3) is 0 Å². The molecule has 3 aromatic rings. The SMILES string of the molecule is COc1cccc(-n2c(=O)[nH]c(=O)n(C[C@H](NC(=O)OC(C)(C)C)c3ccccc3)c2=O)c1F. The fourth-order valence-electron chi connectivity index (χ4n) is 3.26. The second-order valence-corrected chi connectivity index (χ2v) is 8.37. The predicted molar refractivity (Wildman–Crippen MR) is 122 cm³/mol. The maximum Gasteiger partial charge on any atom is 0.408 e. The molecule has 0 saturated heterocycles. The van der Waals surface area contributed by atoms with Crippen LogP contribution in [0.25, 0.3) is 5.69 Å². The van der Waals surface area contributed by atoms with Crippen molar-refractivity contribution < 1.29 is 18.7 Å². The fourth-order valence-corrected chi connectivity index (χ4v) is 3.26. The van der Waals surface area contributed by atoms with Crippen LogP contribution in [0.1, 0.15) is 32.4 Å². The van der Waals surface area contributed by atoms with Gasteiger partial charge in [0.1, 0.15) is 5.60 Å². The minimum absolute atomic E-state index is 0.185. The molecule has 0 unspecified atom stereocenters. The summed E-state index contributed by atoms with van der Waals surface area (Å²) in [4.78, 5) is 52.7. The van der Waals surface area contributed by atoms with Gasteiger partial charge in [-0.3, -0.25) is 4.98 Å². The number of alkyl carbamates (subject to hydrolysis) is 1. The van der Waals surface area contributed by atoms with E-state index < -0.39 is 46.3 Å². The molecule has 0 aliphatic rings. The van der Waals surface area contributed by atoms with Crippen molar-refractivity contribution in [2.24, 2.45) is 0 Å². The molecule has 0 saturated carbocycles. The van der Waals surface area contributed by atoms with E-state index in [0.29, 0.717) is 14.7 Å². The van der Waals surface area contributed by atoms with Crippen LogP contribution in [0, 0.1) is 5.82 Å². The number of ether oxygens (including phenoxy) is 2. The molecule has 0 aliphatic heterocycles. The highest BCUT2D eigenvalue weighted by molar-refractivity contribution is 5.68. The van der Waals surface area contributed by atoms with E-state index >= 15 is 0 Å². The quantitative estimate of drug-likeness (QED) is 0.566. The number of nitrogens with zero attached hydrogens (tertiary/aromatic N) is 2. The van der Waals surface area contributed by atoms with Crippen molar-refractivity contribution in [2.45, 2.75) is 39.0 Å². The van der Waals surface area contributed by atoms with Crippen LogP contribution in [0.5, 0.6) is 5.75 Å². The minimum atomic E-state index is -1.12. The van der Waals surface area contributed by atoms with Gasteiger partial charge < -0.3 is 14.8 Å². The number of carbonyl (C=O) groups is 1. The summed E-state index contributed by atoms with van der Waals surface area (Å²) in [5.41, 5.74) is -3.82. The Hall–Kier alpha value is -4.15. The Labute approximate surface area is 193 Å². The van der Waals surface area contributed by atoms with Gasteiger partial charge in [0.05, 0.1) is 25.4 Å². The summed E-state index contributed by atoms with van der Waals surface area (Å²) in [6, 6.07) is 11.6. The van der Waals surface area contributed by atoms with E-state index in [1.807, 2.05) is 4.98 Å². The number of hydrogen-bond donors (Lipinski definition) is 2. The second kappa shape index (κ2) is 9.77. The lowest BCUT2D eigenvalue weighted by atomic mass is 10.1. The number of carbonyl (C=O) groups excluding carboxylic acids is 1. The molecule has 1 amide bonds. The molecule has 0 spiro atoms. The lowest BCUT2D eigenvalue weighted by Crippen LogP contribution is -2.50. The Morgan fingerprint density at radius 2 is 1.74 bits per heavy atom. The van der Waals surface area contributed by atoms with E-state index in [4.69, 9.17) is 9.47 Å². The Kier molecular flexibility index (Phi) is 7.04. The standard InChI is InChI=1S/C23H25FN4O6/c1-23(2,3)34-21(31)25-15(14-9-6-5-7-10-14)13-27-19(29)26-20(30)28(22(27)32)16-11-8-12-17(33-4)18(16)24/h5-12,15H,13H2,1-4H3,(H,25,31)(H,26,29,30)/t15-/m0/s1. The largest absolute Gasteiger partial charge is 0.494 e. The maximum atomic E-state index is 14.8. The molecule has 1 heterocycles. The number of methoxy groups -OCH3 is 1. The van der Waals surface area contributed by atoms with Crippen LogP contribution in [0.3, 0.4) is 0 Å². The number of nitrogens with one attached hydrogen (secondary N) is 2. The monoisotopic (exact) mass is 472 g/mol. The first-order chi connectivity index (χ1) is 16.0. The molecule has 3 rings (SSSR count). The van der Waals surface area contributed by atoms with Gasteiger partial charge in [0.2, 0.25) is 0 Å². The first-order valence-corrected chi connectivity index (χ1v) is 10.4. The highest BCUT2D eigenvalue weighted by Gasteiger charge is 2.24. The summed E-state index contributed by atoms with van der Waals surface area (Å²) >= 11 is 0. The third-order valence-corrected chi connectivity index (χ3v) is 4.75. The van der Waals surface area contributed by atoms with E-state index in [9.17, 15) is 23.6 Å². The van der Waals surface area contributed by atoms with Gasteiger partial charge in [-0.25, -0.2) is 32.7 Å². The summed E-state index contributed by atoms with van der Waals surface area (Å²) in [5.74, 6) is -1.13. The summed E-state index contributed by atoms with van der Waals surface area (Å²) in [5, 5.41) is 2.64. The molecule has 2 aromatic carbocycles. The van der Waals surface area contributed by atoms with Crippen LogP contribution >= 0.6 is 0 Å². The normalized spacial score (nSPS) is 12.1. The molecule has 1 aromatic heterocycles. The summed E-state index contributed by atoms with van der Waals surface area (Å²) in [7, 11) is 1.24. The molecule has 0 radical (unpaired) electrons. The molecule has 1 atom stereocenters. The van der Waals surface area contributed by atoms with Crippen molar-refractivity contribution in [2.75, 3.05) is 7.11 Å². The van der Waals surface area contributed by atoms with Crippen molar-refractivity contribution in [1.29, 1.82) is 0 Å². The highest BCUT2D eigenvalue weighted by atomic mass is 19.1. The van der Waals surface area contributed by atoms with E-state index in [-0.39, 0.29) is 12.3 Å². The van der Waals surface area contributed by atoms with Crippen molar-refractivity contribution in [3.63, 3.8) is 0 Å². The Morgan fingerprint density at radius 1 is 1.06 bits per heavy atom. The van der Waals surface area contributed by atoms with Gasteiger partial charge in [-0.1, -0.05) is 36.4 Å². The van der Waals surface area contributed by atoms with Crippen LogP contribution in [0.15, 0.2) is 62.9 Å². The van der Waals surface area contributed by atoms with Crippen molar-refractivity contribution in [1.82, 2.24) is 19.4 Å². The molecule has 180 valence electrons. The Balaban J connectivity index is 2.10. The predicted octanol–water partition coefficient (Wildman–Crippen LogP) is 2.10. The zero-order valence-corrected chi connectivity index (χ0v) is 19.1. The average molecular weight is 472 g/mol. The number of halogens is 1. The van der Waals surface area contributed by atoms with Crippen LogP contribution < -0.4 is 27.1 Å². The van der Waals surface area contributed by atoms with Gasteiger partial charge in [-0.2, -0.15) is 0 Å². The van der Waals surface area contributed by atoms with Crippen LogP contribution in [-0.2, 0) is 11.3 Å². The summed E-state index contributed by atoms with van der Waals surface area (Å²) in [6.45, 7) is 4.72. The minimum Gasteiger partial charge on any atom is -0.494 e. The number of amides is 1. The van der Waals surface area contributed by atoms with E-state index in [1.165, 1.54) is 25.3 Å². The summed E-state index contributed by atoms with van der Waals surface area (Å²) < 4.78 is 26.2. The first kappa shape index (κ1) is 24.5. The first-order valence-electron chi connectivity index (χ1n) is 10.4. The number of aromatic nitrogens is 3. The van der Waals surface area contributed by atoms with Gasteiger partial charge in [-0.15, -0.1) is 0 Å². The number of rotatable bonds is 6. The van der Waals surface area contributed by atoms with Gasteiger partial charge in [0.15, 0.2) is 11.6 Å². The summed E-state index contributed by atoms with van der Waals surface area (Å²) in [6.07, 6.45) is -0.766. The lowest BCUT2D eigenvalue weighted by molar-refractivity contribution is 0.0497. The molecule has 2 N–H and O–H groups in total. The van der Waals surface area contributed by atoms with Crippen molar-refractivity contribution in [3.8, 4) is 11.4 Å². The maximum absolute atomic E-state index is 14.8. The molecule has 10 nitrogen and oxygen atoms in total. The van der Waals surface area contributed by atoms with Crippen LogP contribution in [0.2, 0.25) is 0 Å². The molecule has 0 aliphatic carbocycles. The van der Waals surface area contributed by atoms with Crippen molar-refractivity contribution >= 4 is 6.09 Å². The van der Waals surface area contributed by atoms with Gasteiger partial charge >= 0.3 is 23.2 Å². The Bertz CT molecular complexity index is 1350. The average Bonchev–Trinajstić information content (AvgIpc) is 2.76. The highest BCUT2D eigenvalue weighted by Crippen LogP contribution is 2.21. The van der Waals surface area contributed by atoms with Crippen molar-refractivity contribution in [3.05, 3.63) is 91.4 Å². The topological polar surface area (TPSA) is 124 Å². The molecule has 11 heteroatoms. The third kappa shape index (κ3) is 5.42. The Morgan fingerprint density at radius 3 is 2.35 bits per heavy atom. The number of aromatic amines is 1. The van der Waals surface area contributed by atoms with E-state index in [2.05, 4.69) is 5.32 Å². The molecule has 0 bridgehead atoms. The molecular weight excluding hydrogens is 447 g/mol. The van der Waals surface area contributed by atoms with Crippen LogP contribution in [0.4, 0.5) is 9.18 Å². The lowest BCUT2D eigenvalue weighted by Gasteiger charge is -2.24. The molecule has 0 fully saturated rings. The fraction of sp³-hybridized carbons (Fsp3) is 0.304. The van der Waals surface area contributed by atoms with Crippen LogP contribution in [-0.4, -0.2) is 32.9 Å². The molecule has 34 heavy (non-hydrogen) atoms. The number of hydrogen-bond acceptors (Lipinski definition) is 6. The third-order valence-electron chi connectivity index (χ3n) is 4.75. The smallest absolute Gasteiger partial charge is 0.408 e. The van der Waals surface area contributed by atoms with E-state index in [0.717, 1.165) is 0 Å². The number of H-pyrrole nitrogens is 1. The zero-order valence-electron chi connectivity index (χ0n) is 19.1. The van der Waals surface area contributed by atoms with Gasteiger partial charge in [-0.05, 0) is 38.5 Å². The zero-order chi connectivity index (χ0) is 25.0. The number of benzene rings is 2.